The van der Waals surface area contributed by atoms with Gasteiger partial charge in [-0.15, -0.1) is 0 Å². The van der Waals surface area contributed by atoms with Gasteiger partial charge in [-0.3, -0.25) is 95.9 Å². The molecule has 0 unspecified atom stereocenters. The number of ether oxygens (including phenoxy) is 34. The van der Waals surface area contributed by atoms with Gasteiger partial charge < -0.3 is 166 Å². The average Bonchev–Trinajstić information content (AvgIpc) is 0.837. The molecule has 21 heterocycles. The molecule has 21 aliphatic rings. The van der Waals surface area contributed by atoms with Crippen LogP contribution >= 0.6 is 0 Å². The van der Waals surface area contributed by atoms with Crippen molar-refractivity contribution in [3.8, 4) is 0 Å². The van der Waals surface area contributed by atoms with Crippen LogP contribution < -0.4 is 0 Å². The van der Waals surface area contributed by atoms with Crippen LogP contribution in [0.5, 0.6) is 0 Å². The fourth-order valence-electron chi connectivity index (χ4n) is 15.8. The lowest BCUT2D eigenvalue weighted by Crippen LogP contribution is -2.70. The number of carbonyl (C=O) groups excluding carboxylic acids is 20. The fourth-order valence-corrected chi connectivity index (χ4v) is 15.8. The highest BCUT2D eigenvalue weighted by molar-refractivity contribution is 5.73. The molecule has 137 heavy (non-hydrogen) atoms. The lowest BCUT2D eigenvalue weighted by Gasteiger charge is -2.52. The average molecular weight is 1980 g/mol. The Morgan fingerprint density at radius 2 is 0.255 bits per heavy atom. The van der Waals surface area contributed by atoms with Crippen molar-refractivity contribution in [3.63, 3.8) is 0 Å². The molecule has 21 fully saturated rings. The zero-order valence-corrected chi connectivity index (χ0v) is 77.6. The maximum atomic E-state index is 13.9. The Morgan fingerprint density at radius 1 is 0.153 bits per heavy atom. The van der Waals surface area contributed by atoms with Crippen LogP contribution in [0, 0.1) is 0 Å². The molecule has 0 saturated carbocycles. The van der Waals surface area contributed by atoms with Crippen LogP contribution in [0.4, 0.5) is 0 Å². The minimum Gasteiger partial charge on any atom is -0.463 e. The van der Waals surface area contributed by atoms with Gasteiger partial charge in [0.25, 0.3) is 0 Å². The molecule has 0 aromatic carbocycles. The Morgan fingerprint density at radius 3 is 0.358 bits per heavy atom. The van der Waals surface area contributed by atoms with E-state index in [4.69, 9.17) is 161 Å². The maximum absolute atomic E-state index is 13.9. The van der Waals surface area contributed by atoms with Gasteiger partial charge in [0.15, 0.2) is 129 Å². The zero-order valence-electron chi connectivity index (χ0n) is 77.6. The minimum atomic E-state index is -2.46. The van der Waals surface area contributed by atoms with E-state index in [1.165, 1.54) is 0 Å². The summed E-state index contributed by atoms with van der Waals surface area (Å²) >= 11 is 0. The third-order valence-electron chi connectivity index (χ3n) is 20.3. The first-order valence-electron chi connectivity index (χ1n) is 42.3. The van der Waals surface area contributed by atoms with E-state index in [1.807, 2.05) is 0 Å². The lowest BCUT2D eigenvalue weighted by molar-refractivity contribution is -0.396. The molecule has 0 aromatic rings. The van der Waals surface area contributed by atoms with Gasteiger partial charge >= 0.3 is 119 Å². The highest BCUT2D eigenvalue weighted by atomic mass is 16.8. The monoisotopic (exact) mass is 1970 g/mol. The molecule has 0 aromatic heterocycles. The van der Waals surface area contributed by atoms with Crippen LogP contribution in [0.25, 0.3) is 0 Å². The van der Waals surface area contributed by atoms with Crippen molar-refractivity contribution in [2.24, 2.45) is 0 Å². The minimum absolute atomic E-state index is 0.794. The van der Waals surface area contributed by atoms with Crippen LogP contribution in [0.2, 0.25) is 0 Å². The third-order valence-corrected chi connectivity index (χ3v) is 20.3. The summed E-state index contributed by atoms with van der Waals surface area (Å²) in [4.78, 5) is 273. The Balaban J connectivity index is 1.50. The van der Waals surface area contributed by atoms with Crippen LogP contribution in [0.15, 0.2) is 0 Å². The molecular weight excluding hydrogens is 1860 g/mol. The molecule has 35 atom stereocenters. The van der Waals surface area contributed by atoms with E-state index in [9.17, 15) is 101 Å². The van der Waals surface area contributed by atoms with E-state index in [0.717, 1.165) is 138 Å². The molecule has 0 amide bonds. The lowest BCUT2D eigenvalue weighted by atomic mass is 9.94. The van der Waals surface area contributed by atoms with Gasteiger partial charge in [0.05, 0.1) is 6.61 Å². The van der Waals surface area contributed by atoms with Gasteiger partial charge in [0.2, 0.25) is 0 Å². The predicted octanol–water partition coefficient (Wildman–Crippen LogP) is -3.81. The standard InChI is InChI=1S/C82H110O55/c1-28(84)104-22-49-56-63(111-35(8)91)71(119-43(16)99)78(126-49)134-58-51(24-106-30(3)86)128-80(73(121-45(18)101)65(58)113-37(10)93)136-60-53(26-108-32(5)88)130-82(75(123-47(20)103)67(60)115-39(12)95)137-61-54(27-109-33(6)89)129-81(74(122-46(19)102)68(61)116-40(13)96)135-59-52(25-107-31(4)87)127-79(72(120-44(17)100)66(59)114-38(11)94)133-57-50(23-105-29(2)85)125-77(70(118-42(15)98)64(57)112-36(9)92)131-55-48(21-83)124-76(132-56)69(117-41(14)97)62(55)110-34(7)90/h48-83H,21-27H2,1-20H3/t48-,49-,50-,51-,52-,53-,54-,55-,56-,57-,58-,59-,60-,61-,62+,63+,64+,65+,66+,67+,68+,69-,70-,71-,72-,73-,74-,75-,76-,77-,78-,79-,80-,81-,82-/m1/s1. The van der Waals surface area contributed by atoms with Crippen molar-refractivity contribution >= 4 is 119 Å². The summed E-state index contributed by atoms with van der Waals surface area (Å²) in [5.74, 6) is -24.9. The van der Waals surface area contributed by atoms with Crippen LogP contribution in [0.3, 0.4) is 0 Å². The smallest absolute Gasteiger partial charge is 0.303 e. The van der Waals surface area contributed by atoms with Gasteiger partial charge in [-0.1, -0.05) is 0 Å². The summed E-state index contributed by atoms with van der Waals surface area (Å²) in [7, 11) is 0. The van der Waals surface area contributed by atoms with E-state index in [2.05, 4.69) is 0 Å². The number of carbonyl (C=O) groups is 20. The first-order chi connectivity index (χ1) is 64.3. The molecule has 55 nitrogen and oxygen atoms in total. The Hall–Kier alpha value is -11.2. The van der Waals surface area contributed by atoms with Crippen molar-refractivity contribution in [3.05, 3.63) is 0 Å². The topological polar surface area (TPSA) is 675 Å². The molecule has 0 spiro atoms. The Bertz CT molecular complexity index is 4170. The zero-order chi connectivity index (χ0) is 102. The molecule has 21 aliphatic heterocycles. The quantitative estimate of drug-likeness (QED) is 0.0608. The van der Waals surface area contributed by atoms with Gasteiger partial charge in [-0.25, -0.2) is 0 Å². The number of esters is 20. The Kier molecular flexibility index (Phi) is 40.9. The summed E-state index contributed by atoms with van der Waals surface area (Å²) in [5, 5.41) is 11.7. The number of aliphatic hydroxyl groups excluding tert-OH is 1. The molecule has 0 aliphatic carbocycles. The van der Waals surface area contributed by atoms with Gasteiger partial charge in [-0.05, 0) is 0 Å². The normalized spacial score (nSPS) is 35.2. The summed E-state index contributed by atoms with van der Waals surface area (Å²) in [6, 6.07) is 0. The molecule has 21 saturated heterocycles. The Labute approximate surface area is 778 Å². The molecule has 55 heteroatoms. The first-order valence-corrected chi connectivity index (χ1v) is 42.3. The van der Waals surface area contributed by atoms with Crippen molar-refractivity contribution in [1.82, 2.24) is 0 Å². The largest absolute Gasteiger partial charge is 0.463 e. The fraction of sp³-hybridized carbons (Fsp3) is 0.756. The molecule has 0 radical (unpaired) electrons. The summed E-state index contributed by atoms with van der Waals surface area (Å²) < 4.78 is 208. The van der Waals surface area contributed by atoms with E-state index < -0.39 is 381 Å². The second-order valence-corrected chi connectivity index (χ2v) is 31.5. The molecular formula is C82H110O55. The summed E-state index contributed by atoms with van der Waals surface area (Å²) in [5.41, 5.74) is 0. The SMILES string of the molecule is CC(=O)OC[C@H]1O[C@@H]2O[C@H]3[C@H](OC(C)=O)[C@@H](OC(C)=O)[C@@H](O[C@H]4[C@H](OC(C)=O)[C@@H](OC(C)=O)[C@@H](O[C@H]5[C@H](OC(C)=O)[C@@H](OC(C)=O)[C@@H](O[C@H]6[C@H](OC(C)=O)[C@@H](OC(C)=O)[C@@H](O[C@H]7[C@H](OC(C)=O)[C@@H](OC(C)=O)[C@@H](O[C@H]8[C@H](OC(C)=O)[C@@H](OC(C)=O)[C@@H](O[C@H]1[C@H](OC(C)=O)[C@H]2OC(C)=O)O[C@@H]8CO)O[C@@H]7COC(C)=O)O[C@@H]6COC(C)=O)O[C@@H]5COC(C)=O)O[C@@H]4COC(C)=O)O[C@@H]3COC(C)=O. The van der Waals surface area contributed by atoms with Crippen LogP contribution in [0.1, 0.15) is 138 Å². The van der Waals surface area contributed by atoms with E-state index >= 15 is 0 Å². The van der Waals surface area contributed by atoms with Crippen LogP contribution in [-0.2, 0) is 257 Å². The highest BCUT2D eigenvalue weighted by Gasteiger charge is 2.66. The van der Waals surface area contributed by atoms with Crippen molar-refractivity contribution in [2.45, 2.75) is 353 Å². The number of aliphatic hydroxyl groups is 1. The second-order valence-electron chi connectivity index (χ2n) is 31.5. The van der Waals surface area contributed by atoms with Gasteiger partial charge in [-0.2, -0.15) is 0 Å². The van der Waals surface area contributed by atoms with Gasteiger partial charge in [0, 0.05) is 138 Å². The summed E-state index contributed by atoms with van der Waals surface area (Å²) in [6.07, 6.45) is -80.8. The third kappa shape index (κ3) is 31.4. The van der Waals surface area contributed by atoms with Crippen molar-refractivity contribution in [2.75, 3.05) is 46.2 Å². The van der Waals surface area contributed by atoms with Crippen molar-refractivity contribution < 1.29 is 262 Å². The van der Waals surface area contributed by atoms with Gasteiger partial charge in [0.1, 0.15) is 125 Å². The second kappa shape index (κ2) is 50.4. The van der Waals surface area contributed by atoms with Crippen LogP contribution in [-0.4, -0.2) is 386 Å². The van der Waals surface area contributed by atoms with E-state index in [0.29, 0.717) is 0 Å². The number of rotatable bonds is 27. The predicted molar refractivity (Wildman–Crippen MR) is 419 cm³/mol. The molecule has 21 rings (SSSR count). The molecule has 14 bridgehead atoms. The maximum Gasteiger partial charge on any atom is 0.303 e. The number of hydrogen-bond acceptors (Lipinski definition) is 55. The number of hydrogen-bond donors (Lipinski definition) is 1. The first kappa shape index (κ1) is 111. The van der Waals surface area contributed by atoms with E-state index in [1.54, 1.807) is 0 Å². The highest BCUT2D eigenvalue weighted by Crippen LogP contribution is 2.45. The molecule has 1 N–H and O–H groups in total. The van der Waals surface area contributed by atoms with Crippen molar-refractivity contribution in [1.29, 1.82) is 0 Å². The molecule has 768 valence electrons. The van der Waals surface area contributed by atoms with E-state index in [-0.39, 0.29) is 0 Å². The summed E-state index contributed by atoms with van der Waals surface area (Å²) in [6.45, 7) is 8.51.